The lowest BCUT2D eigenvalue weighted by atomic mass is 9.46. The summed E-state index contributed by atoms with van der Waals surface area (Å²) in [6, 6.07) is 0. The summed E-state index contributed by atoms with van der Waals surface area (Å²) in [7, 11) is 0. The van der Waals surface area contributed by atoms with Gasteiger partial charge in [0.05, 0.1) is 4.32 Å². The number of carbonyl (C=O) groups excluding carboxylic acids is 1. The highest BCUT2D eigenvalue weighted by atomic mass is 79.9. The minimum absolute atomic E-state index is 0.0559. The van der Waals surface area contributed by atoms with Crippen LogP contribution in [0.1, 0.15) is 58.8 Å². The second kappa shape index (κ2) is 5.59. The maximum atomic E-state index is 15.7. The van der Waals surface area contributed by atoms with Crippen molar-refractivity contribution in [1.29, 1.82) is 0 Å². The maximum Gasteiger partial charge on any atom is 0.241 e. The Kier molecular flexibility index (Phi) is 4.04. The quantitative estimate of drug-likeness (QED) is 0.487. The maximum absolute atomic E-state index is 15.7. The first kappa shape index (κ1) is 18.1. The molecule has 3 saturated carbocycles. The van der Waals surface area contributed by atoms with Crippen LogP contribution in [0.2, 0.25) is 0 Å². The lowest BCUT2D eigenvalue weighted by Gasteiger charge is -2.64. The Morgan fingerprint density at radius 2 is 1.88 bits per heavy atom. The van der Waals surface area contributed by atoms with Gasteiger partial charge in [0, 0.05) is 17.8 Å². The van der Waals surface area contributed by atoms with E-state index in [9.17, 15) is 13.6 Å². The molecule has 4 aliphatic carbocycles. The Morgan fingerprint density at radius 1 is 1.16 bits per heavy atom. The van der Waals surface area contributed by atoms with E-state index < -0.39 is 33.7 Å². The van der Waals surface area contributed by atoms with Crippen molar-refractivity contribution in [3.63, 3.8) is 0 Å². The van der Waals surface area contributed by atoms with Crippen molar-refractivity contribution in [2.24, 2.45) is 28.6 Å². The predicted octanol–water partition coefficient (Wildman–Crippen LogP) is 5.87. The molecule has 1 nitrogen and oxygen atoms in total. The van der Waals surface area contributed by atoms with Crippen molar-refractivity contribution in [1.82, 2.24) is 0 Å². The Hall–Kier alpha value is -0.320. The van der Waals surface area contributed by atoms with Gasteiger partial charge in [0.15, 0.2) is 5.78 Å². The minimum Gasteiger partial charge on any atom is -0.295 e. The molecule has 0 heterocycles. The van der Waals surface area contributed by atoms with Crippen LogP contribution >= 0.6 is 15.9 Å². The van der Waals surface area contributed by atoms with Crippen molar-refractivity contribution in [3.05, 3.63) is 11.6 Å². The van der Waals surface area contributed by atoms with Gasteiger partial charge in [0.25, 0.3) is 0 Å². The third-order valence-electron chi connectivity index (χ3n) is 8.37. The Labute approximate surface area is 155 Å². The van der Waals surface area contributed by atoms with Crippen LogP contribution in [0.5, 0.6) is 0 Å². The van der Waals surface area contributed by atoms with Crippen molar-refractivity contribution >= 4 is 21.7 Å². The van der Waals surface area contributed by atoms with E-state index in [0.717, 1.165) is 24.8 Å². The molecule has 3 fully saturated rings. The first-order valence-corrected chi connectivity index (χ1v) is 10.3. The third-order valence-corrected chi connectivity index (χ3v) is 10.3. The number of allylic oxidation sites excluding steroid dienone is 1. The van der Waals surface area contributed by atoms with Crippen LogP contribution in [0.15, 0.2) is 11.6 Å². The van der Waals surface area contributed by atoms with Crippen LogP contribution in [0.4, 0.5) is 13.2 Å². The molecule has 4 rings (SSSR count). The van der Waals surface area contributed by atoms with Crippen molar-refractivity contribution in [2.45, 2.75) is 75.7 Å². The molecule has 7 atom stereocenters. The Bertz CT molecular complexity index is 634. The topological polar surface area (TPSA) is 17.1 Å². The summed E-state index contributed by atoms with van der Waals surface area (Å²) in [5.41, 5.74) is 0.0528. The molecule has 0 spiro atoms. The fourth-order valence-corrected chi connectivity index (χ4v) is 8.12. The van der Waals surface area contributed by atoms with Gasteiger partial charge in [-0.15, -0.1) is 0 Å². The second-order valence-electron chi connectivity index (χ2n) is 9.18. The molecule has 0 N–H and O–H groups in total. The molecular weight excluding hydrogens is 393 g/mol. The molecule has 140 valence electrons. The zero-order valence-corrected chi connectivity index (χ0v) is 16.4. The number of hydrogen-bond donors (Lipinski definition) is 0. The van der Waals surface area contributed by atoms with Crippen LogP contribution < -0.4 is 0 Å². The summed E-state index contributed by atoms with van der Waals surface area (Å²) < 4.78 is 42.2. The van der Waals surface area contributed by atoms with E-state index in [4.69, 9.17) is 0 Å². The molecule has 4 aliphatic rings. The third kappa shape index (κ3) is 2.17. The van der Waals surface area contributed by atoms with Crippen molar-refractivity contribution < 1.29 is 18.0 Å². The Morgan fingerprint density at radius 3 is 2.56 bits per heavy atom. The van der Waals surface area contributed by atoms with Crippen molar-refractivity contribution in [2.75, 3.05) is 0 Å². The van der Waals surface area contributed by atoms with Crippen LogP contribution in [-0.2, 0) is 4.79 Å². The van der Waals surface area contributed by atoms with E-state index in [2.05, 4.69) is 22.9 Å². The fourth-order valence-electron chi connectivity index (χ4n) is 6.95. The van der Waals surface area contributed by atoms with Gasteiger partial charge in [0.2, 0.25) is 6.43 Å². The fraction of sp³-hybridized carbons (Fsp3) is 0.850. The zero-order valence-electron chi connectivity index (χ0n) is 14.8. The van der Waals surface area contributed by atoms with E-state index in [1.54, 1.807) is 6.08 Å². The van der Waals surface area contributed by atoms with Crippen molar-refractivity contribution in [3.8, 4) is 0 Å². The predicted molar refractivity (Wildman–Crippen MR) is 94.7 cm³/mol. The number of halogens is 4. The number of hydrogen-bond acceptors (Lipinski definition) is 1. The molecule has 0 aliphatic heterocycles. The van der Waals surface area contributed by atoms with Crippen LogP contribution in [0.3, 0.4) is 0 Å². The minimum atomic E-state index is -2.37. The highest BCUT2D eigenvalue weighted by Crippen LogP contribution is 2.71. The number of ketones is 1. The van der Waals surface area contributed by atoms with Gasteiger partial charge in [0.1, 0.15) is 6.17 Å². The largest absolute Gasteiger partial charge is 0.295 e. The first-order chi connectivity index (χ1) is 11.6. The van der Waals surface area contributed by atoms with Gasteiger partial charge >= 0.3 is 0 Å². The van der Waals surface area contributed by atoms with Gasteiger partial charge in [-0.05, 0) is 61.9 Å². The average Bonchev–Trinajstić information content (AvgIpc) is 2.87. The summed E-state index contributed by atoms with van der Waals surface area (Å²) in [5, 5.41) is 0. The van der Waals surface area contributed by atoms with E-state index in [1.165, 1.54) is 0 Å². The van der Waals surface area contributed by atoms with Gasteiger partial charge in [-0.25, -0.2) is 13.2 Å². The Balaban J connectivity index is 1.78. The molecule has 0 saturated heterocycles. The van der Waals surface area contributed by atoms with Crippen LogP contribution in [0, 0.1) is 28.6 Å². The highest BCUT2D eigenvalue weighted by molar-refractivity contribution is 9.10. The molecule has 25 heavy (non-hydrogen) atoms. The molecule has 0 aromatic heterocycles. The smallest absolute Gasteiger partial charge is 0.241 e. The zero-order chi connectivity index (χ0) is 18.2. The first-order valence-electron chi connectivity index (χ1n) is 9.49. The summed E-state index contributed by atoms with van der Waals surface area (Å²) in [4.78, 5) is 11.9. The van der Waals surface area contributed by atoms with Crippen LogP contribution in [-0.4, -0.2) is 22.7 Å². The average molecular weight is 419 g/mol. The molecule has 0 aromatic carbocycles. The SMILES string of the molecule is C[C@]12CCC(=O)C=C1CC[C@H]1[C@@H]3CCC(C(F)F)[C@@]3(C)CC(F)[C@]12Br. The van der Waals surface area contributed by atoms with E-state index in [1.807, 2.05) is 6.92 Å². The summed E-state index contributed by atoms with van der Waals surface area (Å²) in [5.74, 6) is -0.364. The number of alkyl halides is 4. The molecule has 0 aromatic rings. The lowest BCUT2D eigenvalue weighted by molar-refractivity contribution is -0.119. The molecular formula is C20H26BrF3O. The number of fused-ring (bicyclic) bond motifs is 5. The van der Waals surface area contributed by atoms with Gasteiger partial charge in [-0.2, -0.15) is 0 Å². The molecule has 2 unspecified atom stereocenters. The van der Waals surface area contributed by atoms with E-state index in [0.29, 0.717) is 19.3 Å². The normalized spacial score (nSPS) is 52.4. The standard InChI is InChI=1S/C20H26BrF3O/c1-18-10-16(22)20(21)14(13(18)5-6-15(18)17(23)24)4-3-11-9-12(25)7-8-19(11,20)2/h9,13-17H,3-8,10H2,1-2H3/t13-,14-,15?,16?,18-,19-,20+/m0/s1. The summed E-state index contributed by atoms with van der Waals surface area (Å²) in [6.07, 6.45) is 2.36. The second-order valence-corrected chi connectivity index (χ2v) is 10.5. The molecule has 0 bridgehead atoms. The monoisotopic (exact) mass is 418 g/mol. The molecule has 0 amide bonds. The summed E-state index contributed by atoms with van der Waals surface area (Å²) in [6.45, 7) is 3.99. The lowest BCUT2D eigenvalue weighted by Crippen LogP contribution is -2.65. The van der Waals surface area contributed by atoms with Gasteiger partial charge in [-0.3, -0.25) is 4.79 Å². The van der Waals surface area contributed by atoms with E-state index >= 15 is 4.39 Å². The number of carbonyl (C=O) groups is 1. The summed E-state index contributed by atoms with van der Waals surface area (Å²) >= 11 is 3.86. The highest BCUT2D eigenvalue weighted by Gasteiger charge is 2.70. The van der Waals surface area contributed by atoms with Gasteiger partial charge in [-0.1, -0.05) is 35.4 Å². The van der Waals surface area contributed by atoms with E-state index in [-0.39, 0.29) is 24.0 Å². The number of rotatable bonds is 1. The molecule has 5 heteroatoms. The van der Waals surface area contributed by atoms with Crippen LogP contribution in [0.25, 0.3) is 0 Å². The van der Waals surface area contributed by atoms with Gasteiger partial charge < -0.3 is 0 Å². The molecule has 0 radical (unpaired) electrons.